The minimum atomic E-state index is -1.07. The molecule has 4 heteroatoms. The fraction of sp³-hybridized carbons (Fsp3) is 0.895. The van der Waals surface area contributed by atoms with Gasteiger partial charge in [-0.1, -0.05) is 44.6 Å². The van der Waals surface area contributed by atoms with Crippen molar-refractivity contribution in [1.29, 1.82) is 0 Å². The number of allylic oxidation sites excluding steroid dienone is 1. The highest BCUT2D eigenvalue weighted by molar-refractivity contribution is 6.76. The lowest BCUT2D eigenvalue weighted by molar-refractivity contribution is -0.106. The highest BCUT2D eigenvalue weighted by Crippen LogP contribution is 2.25. The highest BCUT2D eigenvalue weighted by Gasteiger charge is 2.21. The number of nitrogens with one attached hydrogen (secondary N) is 1. The van der Waals surface area contributed by atoms with Crippen LogP contribution in [0, 0.1) is 5.92 Å². The molecule has 0 rings (SSSR count). The Labute approximate surface area is 146 Å². The normalized spacial score (nSPS) is 13.7. The van der Waals surface area contributed by atoms with E-state index < -0.39 is 8.07 Å². The molecular formula is C19H41NO2Si. The molecule has 0 aliphatic carbocycles. The van der Waals surface area contributed by atoms with Gasteiger partial charge in [-0.15, -0.1) is 0 Å². The van der Waals surface area contributed by atoms with Crippen LogP contribution in [0.1, 0.15) is 47.0 Å². The largest absolute Gasteiger partial charge is 0.356 e. The highest BCUT2D eigenvalue weighted by atomic mass is 28.3. The van der Waals surface area contributed by atoms with Gasteiger partial charge >= 0.3 is 0 Å². The zero-order valence-corrected chi connectivity index (χ0v) is 18.1. The van der Waals surface area contributed by atoms with E-state index in [1.807, 2.05) is 0 Å². The molecule has 138 valence electrons. The summed E-state index contributed by atoms with van der Waals surface area (Å²) in [5.41, 5.74) is 3.18. The van der Waals surface area contributed by atoms with Gasteiger partial charge in [0.25, 0.3) is 0 Å². The van der Waals surface area contributed by atoms with Gasteiger partial charge in [-0.25, -0.2) is 0 Å². The molecule has 1 unspecified atom stereocenters. The summed E-state index contributed by atoms with van der Waals surface area (Å²) in [7, 11) is 2.34. The number of ether oxygens (including phenoxy) is 2. The van der Waals surface area contributed by atoms with Gasteiger partial charge < -0.3 is 14.8 Å². The maximum Gasteiger partial charge on any atom is 0.156 e. The van der Waals surface area contributed by atoms with Crippen molar-refractivity contribution in [3.05, 3.63) is 11.1 Å². The van der Waals surface area contributed by atoms with Crippen LogP contribution in [0.25, 0.3) is 0 Å². The Morgan fingerprint density at radius 2 is 1.61 bits per heavy atom. The Hall–Kier alpha value is -0.163. The van der Waals surface area contributed by atoms with E-state index in [4.69, 9.17) is 9.47 Å². The Kier molecular flexibility index (Phi) is 11.3. The lowest BCUT2D eigenvalue weighted by Crippen LogP contribution is -2.36. The molecule has 0 saturated carbocycles. The van der Waals surface area contributed by atoms with E-state index in [2.05, 4.69) is 52.7 Å². The second kappa shape index (κ2) is 11.4. The smallest absolute Gasteiger partial charge is 0.156 e. The summed E-state index contributed by atoms with van der Waals surface area (Å²) in [6.45, 7) is 17.6. The van der Waals surface area contributed by atoms with E-state index in [1.54, 1.807) is 19.8 Å². The standard InChI is InChI=1S/C19H41NO2Si/c1-15(2)17(14-23(7,8)9)13-18(16(3)4)20-12-10-11-19(21-5)22-6/h16,18-20H,10-14H2,1-9H3. The van der Waals surface area contributed by atoms with Gasteiger partial charge in [0.05, 0.1) is 0 Å². The van der Waals surface area contributed by atoms with Crippen molar-refractivity contribution in [2.24, 2.45) is 5.92 Å². The van der Waals surface area contributed by atoms with Crippen molar-refractivity contribution in [1.82, 2.24) is 5.32 Å². The molecule has 0 amide bonds. The second-order valence-electron chi connectivity index (χ2n) is 8.39. The molecule has 1 N–H and O–H groups in total. The van der Waals surface area contributed by atoms with Crippen LogP contribution >= 0.6 is 0 Å². The molecule has 0 aromatic heterocycles. The fourth-order valence-electron chi connectivity index (χ4n) is 2.79. The molecule has 0 spiro atoms. The maximum atomic E-state index is 5.25. The van der Waals surface area contributed by atoms with Crippen molar-refractivity contribution >= 4 is 8.07 Å². The average molecular weight is 344 g/mol. The van der Waals surface area contributed by atoms with E-state index in [0.29, 0.717) is 12.0 Å². The molecule has 0 saturated heterocycles. The molecule has 0 aliphatic rings. The molecule has 0 aliphatic heterocycles. The Bertz CT molecular complexity index is 340. The summed E-state index contributed by atoms with van der Waals surface area (Å²) in [5.74, 6) is 0.645. The number of hydrogen-bond acceptors (Lipinski definition) is 3. The average Bonchev–Trinajstić information content (AvgIpc) is 2.43. The first kappa shape index (κ1) is 22.8. The van der Waals surface area contributed by atoms with Crippen molar-refractivity contribution < 1.29 is 9.47 Å². The van der Waals surface area contributed by atoms with E-state index >= 15 is 0 Å². The Morgan fingerprint density at radius 1 is 1.04 bits per heavy atom. The van der Waals surface area contributed by atoms with Gasteiger partial charge in [-0.3, -0.25) is 0 Å². The van der Waals surface area contributed by atoms with Crippen LogP contribution in [0.2, 0.25) is 25.7 Å². The van der Waals surface area contributed by atoms with E-state index in [0.717, 1.165) is 19.4 Å². The molecule has 0 aromatic carbocycles. The van der Waals surface area contributed by atoms with Crippen LogP contribution in [0.5, 0.6) is 0 Å². The third-order valence-corrected chi connectivity index (χ3v) is 5.76. The fourth-order valence-corrected chi connectivity index (χ4v) is 4.57. The summed E-state index contributed by atoms with van der Waals surface area (Å²) < 4.78 is 10.5. The van der Waals surface area contributed by atoms with Gasteiger partial charge in [-0.2, -0.15) is 0 Å². The predicted octanol–water partition coefficient (Wildman–Crippen LogP) is 5.06. The van der Waals surface area contributed by atoms with Gasteiger partial charge in [-0.05, 0) is 51.6 Å². The van der Waals surface area contributed by atoms with Gasteiger partial charge in [0, 0.05) is 28.3 Å². The molecule has 0 aromatic rings. The maximum absolute atomic E-state index is 5.25. The van der Waals surface area contributed by atoms with E-state index in [-0.39, 0.29) is 6.29 Å². The molecule has 0 radical (unpaired) electrons. The molecule has 23 heavy (non-hydrogen) atoms. The summed E-state index contributed by atoms with van der Waals surface area (Å²) in [4.78, 5) is 0. The zero-order valence-electron chi connectivity index (χ0n) is 17.1. The minimum Gasteiger partial charge on any atom is -0.356 e. The summed E-state index contributed by atoms with van der Waals surface area (Å²) in [5, 5.41) is 3.76. The molecule has 1 atom stereocenters. The van der Waals surface area contributed by atoms with Crippen LogP contribution in [0.15, 0.2) is 11.1 Å². The van der Waals surface area contributed by atoms with E-state index in [9.17, 15) is 0 Å². The second-order valence-corrected chi connectivity index (χ2v) is 13.9. The monoisotopic (exact) mass is 343 g/mol. The van der Waals surface area contributed by atoms with Crippen LogP contribution in [-0.4, -0.2) is 41.2 Å². The summed E-state index contributed by atoms with van der Waals surface area (Å²) in [6, 6.07) is 1.87. The van der Waals surface area contributed by atoms with Gasteiger partial charge in [0.15, 0.2) is 6.29 Å². The predicted molar refractivity (Wildman–Crippen MR) is 105 cm³/mol. The zero-order chi connectivity index (χ0) is 18.0. The summed E-state index contributed by atoms with van der Waals surface area (Å²) in [6.07, 6.45) is 3.13. The molecular weight excluding hydrogens is 302 g/mol. The first-order valence-corrected chi connectivity index (χ1v) is 12.8. The van der Waals surface area contributed by atoms with Gasteiger partial charge in [0.1, 0.15) is 0 Å². The minimum absolute atomic E-state index is 0.0745. The van der Waals surface area contributed by atoms with Crippen molar-refractivity contribution in [2.45, 2.75) is 85.0 Å². The van der Waals surface area contributed by atoms with Crippen LogP contribution in [-0.2, 0) is 9.47 Å². The first-order valence-electron chi connectivity index (χ1n) is 9.05. The Balaban J connectivity index is 4.53. The van der Waals surface area contributed by atoms with Gasteiger partial charge in [0.2, 0.25) is 0 Å². The topological polar surface area (TPSA) is 30.5 Å². The number of hydrogen-bond donors (Lipinski definition) is 1. The summed E-state index contributed by atoms with van der Waals surface area (Å²) >= 11 is 0. The molecule has 0 bridgehead atoms. The van der Waals surface area contributed by atoms with E-state index in [1.165, 1.54) is 18.0 Å². The molecule has 0 fully saturated rings. The molecule has 0 heterocycles. The van der Waals surface area contributed by atoms with Crippen molar-refractivity contribution in [3.63, 3.8) is 0 Å². The van der Waals surface area contributed by atoms with Crippen LogP contribution < -0.4 is 5.32 Å². The first-order chi connectivity index (χ1) is 10.6. The molecule has 3 nitrogen and oxygen atoms in total. The number of methoxy groups -OCH3 is 2. The van der Waals surface area contributed by atoms with Crippen LogP contribution in [0.4, 0.5) is 0 Å². The SMILES string of the molecule is COC(CCCNC(CC(C[Si](C)(C)C)=C(C)C)C(C)C)OC. The third kappa shape index (κ3) is 11.1. The Morgan fingerprint density at radius 3 is 2.00 bits per heavy atom. The quantitative estimate of drug-likeness (QED) is 0.232. The lowest BCUT2D eigenvalue weighted by atomic mass is 9.95. The lowest BCUT2D eigenvalue weighted by Gasteiger charge is -2.28. The van der Waals surface area contributed by atoms with Crippen LogP contribution in [0.3, 0.4) is 0 Å². The van der Waals surface area contributed by atoms with Crippen molar-refractivity contribution in [3.8, 4) is 0 Å². The number of rotatable bonds is 12. The van der Waals surface area contributed by atoms with Crippen molar-refractivity contribution in [2.75, 3.05) is 20.8 Å². The third-order valence-electron chi connectivity index (χ3n) is 4.27.